The molecule has 0 saturated carbocycles. The molecule has 8 heteroatoms. The first-order chi connectivity index (χ1) is 49.5. The molecule has 0 spiro atoms. The molecule has 3 aromatic heterocycles. The minimum absolute atomic E-state index is 0. The molecule has 0 atom stereocenters. The number of benzene rings is 12. The zero-order valence-corrected chi connectivity index (χ0v) is 54.6. The Bertz CT molecular complexity index is 5710. The van der Waals surface area contributed by atoms with E-state index in [-0.39, 0.29) is 59.8 Å². The SMILES string of the molecule is [2H]c1c([2H])c([2H])c(-c2cccc(-c3c([2H])c([2H])c([2H])c([2H])c3[2H])c2N2[CH-]N(c3[c-]c(Oc4[c-]c5c(cc4)c4cc(-n6c7ccccc7c7ccccc76)ccc4n5-c4cc(Oc5c(-c6ccc(C(C)(C)C)cc6)cccc5-c5ccc(C(C)(C)C)cc5)ccn4)ccc3)c3ccccc32)c([2H])c1[2H].[Pt]. The second-order valence-electron chi connectivity index (χ2n) is 25.3. The Morgan fingerprint density at radius 2 is 0.957 bits per heavy atom. The van der Waals surface area contributed by atoms with Gasteiger partial charge in [0.25, 0.3) is 0 Å². The summed E-state index contributed by atoms with van der Waals surface area (Å²) in [5, 5.41) is 4.12. The number of para-hydroxylation sites is 6. The van der Waals surface area contributed by atoms with Crippen LogP contribution in [0.5, 0.6) is 23.0 Å². The zero-order chi connectivity index (χ0) is 71.7. The van der Waals surface area contributed by atoms with Crippen LogP contribution < -0.4 is 19.3 Å². The average molecular weight is 1410 g/mol. The number of pyridine rings is 1. The van der Waals surface area contributed by atoms with Crippen molar-refractivity contribution in [2.24, 2.45) is 0 Å². The Morgan fingerprint density at radius 3 is 1.55 bits per heavy atom. The van der Waals surface area contributed by atoms with E-state index in [1.54, 1.807) is 42.0 Å². The second kappa shape index (κ2) is 24.1. The van der Waals surface area contributed by atoms with Crippen molar-refractivity contribution in [1.29, 1.82) is 0 Å². The van der Waals surface area contributed by atoms with Crippen LogP contribution in [0.1, 0.15) is 66.4 Å². The van der Waals surface area contributed by atoms with Crippen LogP contribution in [0.15, 0.2) is 285 Å². The molecular formula is C86H66N5O2Pt-3. The van der Waals surface area contributed by atoms with Crippen molar-refractivity contribution in [3.8, 4) is 79.0 Å². The molecule has 7 nitrogen and oxygen atoms in total. The number of hydrogen-bond donors (Lipinski definition) is 0. The summed E-state index contributed by atoms with van der Waals surface area (Å²) < 4.78 is 107. The second-order valence-corrected chi connectivity index (χ2v) is 25.3. The maximum Gasteiger partial charge on any atom is 0.143 e. The Labute approximate surface area is 577 Å². The summed E-state index contributed by atoms with van der Waals surface area (Å²) >= 11 is 0. The Morgan fingerprint density at radius 1 is 0.426 bits per heavy atom. The van der Waals surface area contributed by atoms with E-state index in [9.17, 15) is 5.48 Å². The van der Waals surface area contributed by atoms with Gasteiger partial charge >= 0.3 is 0 Å². The fourth-order valence-electron chi connectivity index (χ4n) is 12.9. The minimum Gasteiger partial charge on any atom is -0.509 e. The van der Waals surface area contributed by atoms with Gasteiger partial charge in [0.15, 0.2) is 0 Å². The molecule has 1 aliphatic rings. The predicted octanol–water partition coefficient (Wildman–Crippen LogP) is 23.1. The van der Waals surface area contributed by atoms with Crippen molar-refractivity contribution < 1.29 is 44.2 Å². The first kappa shape index (κ1) is 49.0. The molecule has 15 aromatic rings. The molecule has 16 rings (SSSR count). The van der Waals surface area contributed by atoms with Crippen LogP contribution in [0.25, 0.3) is 99.6 Å². The van der Waals surface area contributed by atoms with Gasteiger partial charge in [-0.05, 0) is 98.1 Å². The predicted molar refractivity (Wildman–Crippen MR) is 384 cm³/mol. The quantitative estimate of drug-likeness (QED) is 0.114. The van der Waals surface area contributed by atoms with Crippen LogP contribution in [0, 0.1) is 18.8 Å². The number of aromatic nitrogens is 3. The van der Waals surface area contributed by atoms with E-state index in [4.69, 9.17) is 22.7 Å². The Kier molecular flexibility index (Phi) is 12.5. The van der Waals surface area contributed by atoms with Crippen molar-refractivity contribution in [2.75, 3.05) is 9.80 Å². The van der Waals surface area contributed by atoms with Crippen molar-refractivity contribution in [3.05, 3.63) is 315 Å². The van der Waals surface area contributed by atoms with Gasteiger partial charge in [0.05, 0.1) is 24.7 Å². The maximum absolute atomic E-state index is 9.18. The molecule has 0 fully saturated rings. The van der Waals surface area contributed by atoms with Gasteiger partial charge in [-0.3, -0.25) is 0 Å². The van der Waals surface area contributed by atoms with Crippen LogP contribution in [0.2, 0.25) is 0 Å². The van der Waals surface area contributed by atoms with Gasteiger partial charge in [-0.2, -0.15) is 12.1 Å². The summed E-state index contributed by atoms with van der Waals surface area (Å²) in [5.41, 5.74) is 12.9. The van der Waals surface area contributed by atoms with E-state index in [1.807, 2.05) is 65.6 Å². The van der Waals surface area contributed by atoms with Crippen molar-refractivity contribution in [3.63, 3.8) is 0 Å². The van der Waals surface area contributed by atoms with Crippen molar-refractivity contribution in [1.82, 2.24) is 14.1 Å². The third-order valence-electron chi connectivity index (χ3n) is 17.5. The van der Waals surface area contributed by atoms with Crippen LogP contribution >= 0.6 is 0 Å². The number of rotatable bonds is 12. The number of hydrogen-bond acceptors (Lipinski definition) is 5. The Balaban J connectivity index is 0.00000870. The maximum atomic E-state index is 9.18. The molecule has 94 heavy (non-hydrogen) atoms. The topological polar surface area (TPSA) is 47.7 Å². The van der Waals surface area contributed by atoms with E-state index in [0.717, 1.165) is 66.0 Å². The van der Waals surface area contributed by atoms with Gasteiger partial charge in [0, 0.05) is 106 Å². The van der Waals surface area contributed by atoms with Crippen molar-refractivity contribution >= 4 is 66.4 Å². The van der Waals surface area contributed by atoms with E-state index in [0.29, 0.717) is 51.4 Å². The first-order valence-electron chi connectivity index (χ1n) is 36.0. The Hall–Kier alpha value is -10.7. The molecule has 0 unspecified atom stereocenters. The fourth-order valence-corrected chi connectivity index (χ4v) is 12.9. The minimum atomic E-state index is -0.578. The molecule has 1 aliphatic heterocycles. The van der Waals surface area contributed by atoms with Crippen LogP contribution in [0.3, 0.4) is 0 Å². The van der Waals surface area contributed by atoms with Gasteiger partial charge in [0.1, 0.15) is 17.3 Å². The van der Waals surface area contributed by atoms with Crippen LogP contribution in [-0.4, -0.2) is 14.1 Å². The molecule has 460 valence electrons. The van der Waals surface area contributed by atoms with Crippen LogP contribution in [0.4, 0.5) is 22.7 Å². The molecule has 0 bridgehead atoms. The summed E-state index contributed by atoms with van der Waals surface area (Å²) in [6.45, 7) is 15.1. The summed E-state index contributed by atoms with van der Waals surface area (Å²) in [4.78, 5) is 8.73. The zero-order valence-electron chi connectivity index (χ0n) is 62.3. The molecule has 0 N–H and O–H groups in total. The van der Waals surface area contributed by atoms with E-state index >= 15 is 0 Å². The summed E-state index contributed by atoms with van der Waals surface area (Å²) in [6.07, 6.45) is 1.77. The summed E-state index contributed by atoms with van der Waals surface area (Å²) in [6, 6.07) is 74.6. The molecule has 12 aromatic carbocycles. The third-order valence-corrected chi connectivity index (χ3v) is 17.5. The number of nitrogens with zero attached hydrogens (tertiary/aromatic N) is 5. The van der Waals surface area contributed by atoms with E-state index in [2.05, 4.69) is 196 Å². The number of ether oxygens (including phenoxy) is 2. The molecule has 4 heterocycles. The van der Waals surface area contributed by atoms with Gasteiger partial charge < -0.3 is 28.4 Å². The largest absolute Gasteiger partial charge is 0.509 e. The van der Waals surface area contributed by atoms with Crippen LogP contribution in [-0.2, 0) is 31.9 Å². The van der Waals surface area contributed by atoms with E-state index < -0.39 is 60.4 Å². The number of fused-ring (bicyclic) bond motifs is 7. The van der Waals surface area contributed by atoms with Gasteiger partial charge in [-0.25, -0.2) is 4.98 Å². The molecule has 0 aliphatic carbocycles. The average Bonchev–Trinajstić information content (AvgIpc) is 1.09. The third kappa shape index (κ3) is 10.8. The summed E-state index contributed by atoms with van der Waals surface area (Å²) in [5.74, 6) is 2.54. The monoisotopic (exact) mass is 1410 g/mol. The molecule has 0 radical (unpaired) electrons. The standard InChI is InChI=1S/C86H66N5O2.Pt/c1-85(2,3)61-42-38-59(39-43-61)70-32-21-33-71(60-40-44-62(45-41-60)86(4,5)6)84(70)93-67-50-51-87-82(55-67)91-78-49-46-64(90-76-34-15-13-28-72(76)73-29-14-16-35-77(73)90)53-75(78)74-48-47-66(54-81(74)91)92-65-27-19-26-63(52-65)88-56-89(80-37-18-17-36-79(80)88)83-68(57-22-9-7-10-23-57)30-20-31-69(83)58-24-11-8-12-25-58;/h7-51,53,55-56H,1-6H3;/q-3;/i7D,8D,9D,10D,11D,12D,22D,23D,24D,25D;. The van der Waals surface area contributed by atoms with Gasteiger partial charge in [-0.15, -0.1) is 48.1 Å². The van der Waals surface area contributed by atoms with Crippen molar-refractivity contribution in [2.45, 2.75) is 52.4 Å². The molecule has 0 amide bonds. The van der Waals surface area contributed by atoms with Gasteiger partial charge in [0.2, 0.25) is 0 Å². The number of anilines is 4. The fraction of sp³-hybridized carbons (Fsp3) is 0.0930. The smallest absolute Gasteiger partial charge is 0.143 e. The molecule has 0 saturated heterocycles. The molecular weight excluding hydrogens is 1330 g/mol. The normalized spacial score (nSPS) is 13.9. The van der Waals surface area contributed by atoms with Gasteiger partial charge in [-0.1, -0.05) is 241 Å². The van der Waals surface area contributed by atoms with E-state index in [1.165, 1.54) is 11.1 Å². The summed E-state index contributed by atoms with van der Waals surface area (Å²) in [7, 11) is 0. The first-order valence-corrected chi connectivity index (χ1v) is 31.0.